The van der Waals surface area contributed by atoms with E-state index in [-0.39, 0.29) is 23.2 Å². The number of amides is 1. The maximum absolute atomic E-state index is 12.8. The van der Waals surface area contributed by atoms with Gasteiger partial charge in [-0.25, -0.2) is 0 Å². The van der Waals surface area contributed by atoms with E-state index in [1.807, 2.05) is 66.4 Å². The summed E-state index contributed by atoms with van der Waals surface area (Å²) in [6.07, 6.45) is 0. The smallest absolute Gasteiger partial charge is 0.399 e. The summed E-state index contributed by atoms with van der Waals surface area (Å²) in [5.41, 5.74) is 1.78. The molecule has 2 aliphatic heterocycles. The fraction of sp³-hybridized carbons (Fsp3) is 0.632. The van der Waals surface area contributed by atoms with Crippen molar-refractivity contribution in [3.05, 3.63) is 23.8 Å². The first kappa shape index (κ1) is 17.5. The molecule has 0 bridgehead atoms. The third-order valence-corrected chi connectivity index (χ3v) is 5.75. The quantitative estimate of drug-likeness (QED) is 0.783. The van der Waals surface area contributed by atoms with Crippen LogP contribution in [0.15, 0.2) is 18.2 Å². The van der Waals surface area contributed by atoms with Crippen molar-refractivity contribution in [2.24, 2.45) is 0 Å². The molecular weight excluding hydrogens is 301 g/mol. The van der Waals surface area contributed by atoms with E-state index in [4.69, 9.17) is 9.31 Å². The average Bonchev–Trinajstić information content (AvgIpc) is 2.78. The van der Waals surface area contributed by atoms with Gasteiger partial charge in [-0.3, -0.25) is 4.79 Å². The summed E-state index contributed by atoms with van der Waals surface area (Å²) in [6.45, 7) is 16.3. The lowest BCUT2D eigenvalue weighted by atomic mass is 9.77. The number of anilines is 1. The molecule has 3 rings (SSSR count). The van der Waals surface area contributed by atoms with Gasteiger partial charge in [-0.05, 0) is 72.5 Å². The molecule has 1 fully saturated rings. The molecule has 0 aliphatic carbocycles. The Morgan fingerprint density at radius 2 is 1.54 bits per heavy atom. The average molecular weight is 329 g/mol. The molecule has 24 heavy (non-hydrogen) atoms. The van der Waals surface area contributed by atoms with E-state index >= 15 is 0 Å². The standard InChI is InChI=1S/C19H28BNO3/c1-12(2)21-15-11-13(9-10-14(15)17(3,4)16(21)22)20-23-18(5,6)19(7,8)24-20/h9-12H,1-8H3. The van der Waals surface area contributed by atoms with E-state index < -0.39 is 12.5 Å². The van der Waals surface area contributed by atoms with Crippen LogP contribution in [-0.2, 0) is 19.5 Å². The Morgan fingerprint density at radius 3 is 2.04 bits per heavy atom. The number of carbonyl (C=O) groups excluding carboxylic acids is 1. The molecule has 2 heterocycles. The molecule has 1 saturated heterocycles. The minimum atomic E-state index is -0.492. The highest BCUT2D eigenvalue weighted by molar-refractivity contribution is 6.62. The lowest BCUT2D eigenvalue weighted by Crippen LogP contribution is -2.41. The van der Waals surface area contributed by atoms with E-state index in [2.05, 4.69) is 12.1 Å². The summed E-state index contributed by atoms with van der Waals surface area (Å²) in [5.74, 6) is 0.151. The van der Waals surface area contributed by atoms with Crippen LogP contribution in [0.4, 0.5) is 5.69 Å². The van der Waals surface area contributed by atoms with Crippen molar-refractivity contribution in [3.8, 4) is 0 Å². The first-order valence-electron chi connectivity index (χ1n) is 8.72. The maximum atomic E-state index is 12.8. The van der Waals surface area contributed by atoms with Gasteiger partial charge in [0.25, 0.3) is 0 Å². The van der Waals surface area contributed by atoms with Crippen LogP contribution < -0.4 is 10.4 Å². The second-order valence-electron chi connectivity index (χ2n) is 8.76. The third kappa shape index (κ3) is 2.32. The van der Waals surface area contributed by atoms with Crippen LogP contribution >= 0.6 is 0 Å². The molecule has 1 aromatic carbocycles. The van der Waals surface area contributed by atoms with Gasteiger partial charge in [-0.2, -0.15) is 0 Å². The van der Waals surface area contributed by atoms with Crippen molar-refractivity contribution in [3.63, 3.8) is 0 Å². The molecule has 2 aliphatic rings. The lowest BCUT2D eigenvalue weighted by Gasteiger charge is -2.32. The van der Waals surface area contributed by atoms with Gasteiger partial charge in [0.1, 0.15) is 0 Å². The first-order chi connectivity index (χ1) is 10.9. The highest BCUT2D eigenvalue weighted by Gasteiger charge is 2.52. The van der Waals surface area contributed by atoms with Crippen molar-refractivity contribution >= 4 is 24.2 Å². The van der Waals surface area contributed by atoms with Crippen LogP contribution in [0.3, 0.4) is 0 Å². The molecule has 1 amide bonds. The van der Waals surface area contributed by atoms with Crippen LogP contribution in [0, 0.1) is 0 Å². The largest absolute Gasteiger partial charge is 0.494 e. The molecular formula is C19H28BNO3. The predicted octanol–water partition coefficient (Wildman–Crippen LogP) is 3.02. The van der Waals surface area contributed by atoms with Crippen LogP contribution in [-0.4, -0.2) is 30.3 Å². The second-order valence-corrected chi connectivity index (χ2v) is 8.76. The number of fused-ring (bicyclic) bond motifs is 1. The number of nitrogens with zero attached hydrogens (tertiary/aromatic N) is 1. The highest BCUT2D eigenvalue weighted by atomic mass is 16.7. The Morgan fingerprint density at radius 1 is 1.00 bits per heavy atom. The van der Waals surface area contributed by atoms with Crippen LogP contribution in [0.25, 0.3) is 0 Å². The number of rotatable bonds is 2. The van der Waals surface area contributed by atoms with E-state index in [1.54, 1.807) is 0 Å². The molecule has 0 spiro atoms. The van der Waals surface area contributed by atoms with Gasteiger partial charge < -0.3 is 14.2 Å². The highest BCUT2D eigenvalue weighted by Crippen LogP contribution is 2.43. The summed E-state index contributed by atoms with van der Waals surface area (Å²) in [4.78, 5) is 14.7. The summed E-state index contributed by atoms with van der Waals surface area (Å²) in [5, 5.41) is 0. The zero-order valence-corrected chi connectivity index (χ0v) is 16.1. The normalized spacial score (nSPS) is 24.0. The van der Waals surface area contributed by atoms with E-state index in [0.29, 0.717) is 0 Å². The van der Waals surface area contributed by atoms with E-state index in [0.717, 1.165) is 16.7 Å². The zero-order chi connectivity index (χ0) is 18.1. The Bertz CT molecular complexity index is 678. The third-order valence-electron chi connectivity index (χ3n) is 5.75. The number of hydrogen-bond acceptors (Lipinski definition) is 3. The Balaban J connectivity index is 2.03. The fourth-order valence-corrected chi connectivity index (χ4v) is 3.44. The van der Waals surface area contributed by atoms with Crippen molar-refractivity contribution in [2.45, 2.75) is 78.0 Å². The molecule has 1 aromatic rings. The van der Waals surface area contributed by atoms with Crippen molar-refractivity contribution in [1.29, 1.82) is 0 Å². The van der Waals surface area contributed by atoms with Gasteiger partial charge in [0.15, 0.2) is 0 Å². The Hall–Kier alpha value is -1.33. The van der Waals surface area contributed by atoms with Crippen LogP contribution in [0.2, 0.25) is 0 Å². The molecule has 0 atom stereocenters. The van der Waals surface area contributed by atoms with Crippen molar-refractivity contribution in [1.82, 2.24) is 0 Å². The molecule has 0 radical (unpaired) electrons. The molecule has 0 saturated carbocycles. The number of carbonyl (C=O) groups is 1. The summed E-state index contributed by atoms with van der Waals surface area (Å²) in [6, 6.07) is 6.26. The predicted molar refractivity (Wildman–Crippen MR) is 97.8 cm³/mol. The number of benzene rings is 1. The SMILES string of the molecule is CC(C)N1C(=O)C(C)(C)c2ccc(B3OC(C)(C)C(C)(C)O3)cc21. The minimum absolute atomic E-state index is 0.117. The van der Waals surface area contributed by atoms with Gasteiger partial charge in [0.2, 0.25) is 5.91 Å². The van der Waals surface area contributed by atoms with Gasteiger partial charge >= 0.3 is 7.12 Å². The van der Waals surface area contributed by atoms with Crippen molar-refractivity contribution < 1.29 is 14.1 Å². The van der Waals surface area contributed by atoms with Crippen molar-refractivity contribution in [2.75, 3.05) is 4.90 Å². The monoisotopic (exact) mass is 329 g/mol. The molecule has 0 aromatic heterocycles. The van der Waals surface area contributed by atoms with Crippen LogP contribution in [0.5, 0.6) is 0 Å². The topological polar surface area (TPSA) is 38.8 Å². The summed E-state index contributed by atoms with van der Waals surface area (Å²) >= 11 is 0. The second kappa shape index (κ2) is 5.09. The van der Waals surface area contributed by atoms with Gasteiger partial charge in [-0.1, -0.05) is 12.1 Å². The summed E-state index contributed by atoms with van der Waals surface area (Å²) < 4.78 is 12.3. The summed E-state index contributed by atoms with van der Waals surface area (Å²) in [7, 11) is -0.409. The molecule has 4 nitrogen and oxygen atoms in total. The van der Waals surface area contributed by atoms with Gasteiger partial charge in [0, 0.05) is 11.7 Å². The minimum Gasteiger partial charge on any atom is -0.399 e. The van der Waals surface area contributed by atoms with E-state index in [1.165, 1.54) is 0 Å². The Labute approximate surface area is 145 Å². The lowest BCUT2D eigenvalue weighted by molar-refractivity contribution is -0.122. The first-order valence-corrected chi connectivity index (χ1v) is 8.72. The van der Waals surface area contributed by atoms with Gasteiger partial charge in [-0.15, -0.1) is 0 Å². The maximum Gasteiger partial charge on any atom is 0.494 e. The molecule has 130 valence electrons. The Kier molecular flexibility index (Phi) is 3.71. The van der Waals surface area contributed by atoms with Crippen LogP contribution in [0.1, 0.15) is 61.0 Å². The molecule has 5 heteroatoms. The molecule has 0 unspecified atom stereocenters. The molecule has 0 N–H and O–H groups in total. The van der Waals surface area contributed by atoms with E-state index in [9.17, 15) is 4.79 Å². The zero-order valence-electron chi connectivity index (χ0n) is 16.1. The fourth-order valence-electron chi connectivity index (χ4n) is 3.44. The van der Waals surface area contributed by atoms with Gasteiger partial charge in [0.05, 0.1) is 16.6 Å². The number of hydrogen-bond donors (Lipinski definition) is 0.